The second kappa shape index (κ2) is 5.30. The second-order valence-corrected chi connectivity index (χ2v) is 3.57. The van der Waals surface area contributed by atoms with Crippen molar-refractivity contribution in [3.8, 4) is 0 Å². The van der Waals surface area contributed by atoms with Crippen LogP contribution in [0.1, 0.15) is 19.8 Å². The van der Waals surface area contributed by atoms with Crippen molar-refractivity contribution >= 4 is 11.9 Å². The number of unbranched alkanes of at least 4 members (excludes halogenated alkanes) is 1. The maximum Gasteiger partial charge on any atom is 0.335 e. The Morgan fingerprint density at radius 3 is 2.62 bits per heavy atom. The van der Waals surface area contributed by atoms with Crippen molar-refractivity contribution in [2.24, 2.45) is 5.92 Å². The molecule has 16 heavy (non-hydrogen) atoms. The van der Waals surface area contributed by atoms with Crippen LogP contribution in [-0.4, -0.2) is 22.2 Å². The zero-order valence-electron chi connectivity index (χ0n) is 9.01. The van der Waals surface area contributed by atoms with E-state index in [2.05, 4.69) is 0 Å². The Morgan fingerprint density at radius 2 is 2.12 bits per heavy atom. The van der Waals surface area contributed by atoms with Crippen molar-refractivity contribution in [3.05, 3.63) is 35.5 Å². The number of carbonyl (C=O) groups is 2. The zero-order chi connectivity index (χ0) is 12.1. The quantitative estimate of drug-likeness (QED) is 0.762. The van der Waals surface area contributed by atoms with Crippen molar-refractivity contribution in [1.82, 2.24) is 0 Å². The van der Waals surface area contributed by atoms with Crippen molar-refractivity contribution in [2.45, 2.75) is 19.8 Å². The Hall–Kier alpha value is -1.84. The molecule has 0 saturated carbocycles. The SMILES string of the molecule is CCCC=C1C=C(C(=O)O)C=CC1C(=O)O. The Bertz CT molecular complexity index is 388. The van der Waals surface area contributed by atoms with Crippen LogP contribution in [0.3, 0.4) is 0 Å². The maximum absolute atomic E-state index is 10.9. The first-order valence-electron chi connectivity index (χ1n) is 5.12. The summed E-state index contributed by atoms with van der Waals surface area (Å²) in [5.74, 6) is -2.73. The molecular weight excluding hydrogens is 208 g/mol. The van der Waals surface area contributed by atoms with Gasteiger partial charge >= 0.3 is 11.9 Å². The van der Waals surface area contributed by atoms with E-state index in [0.29, 0.717) is 5.57 Å². The molecule has 0 aromatic heterocycles. The molecule has 1 aliphatic rings. The fraction of sp³-hybridized carbons (Fsp3) is 0.333. The predicted molar refractivity (Wildman–Crippen MR) is 59.0 cm³/mol. The number of carboxylic acid groups (broad SMARTS) is 2. The van der Waals surface area contributed by atoms with Crippen molar-refractivity contribution in [2.75, 3.05) is 0 Å². The molecule has 0 bridgehead atoms. The lowest BCUT2D eigenvalue weighted by molar-refractivity contribution is -0.139. The van der Waals surface area contributed by atoms with Gasteiger partial charge in [0.15, 0.2) is 0 Å². The van der Waals surface area contributed by atoms with Crippen LogP contribution < -0.4 is 0 Å². The van der Waals surface area contributed by atoms with Gasteiger partial charge in [-0.05, 0) is 18.1 Å². The van der Waals surface area contributed by atoms with Crippen molar-refractivity contribution in [1.29, 1.82) is 0 Å². The van der Waals surface area contributed by atoms with Crippen LogP contribution in [0, 0.1) is 5.92 Å². The first-order chi connectivity index (χ1) is 7.56. The summed E-state index contributed by atoms with van der Waals surface area (Å²) < 4.78 is 0. The van der Waals surface area contributed by atoms with Gasteiger partial charge in [-0.25, -0.2) is 4.79 Å². The van der Waals surface area contributed by atoms with Gasteiger partial charge in [-0.2, -0.15) is 0 Å². The first kappa shape index (κ1) is 12.2. The van der Waals surface area contributed by atoms with Gasteiger partial charge in [0.2, 0.25) is 0 Å². The molecule has 0 saturated heterocycles. The summed E-state index contributed by atoms with van der Waals surface area (Å²) in [6.45, 7) is 1.98. The van der Waals surface area contributed by atoms with E-state index in [-0.39, 0.29) is 5.57 Å². The van der Waals surface area contributed by atoms with Gasteiger partial charge < -0.3 is 10.2 Å². The third kappa shape index (κ3) is 2.82. The molecule has 4 nitrogen and oxygen atoms in total. The minimum atomic E-state index is -1.04. The highest BCUT2D eigenvalue weighted by Crippen LogP contribution is 2.23. The molecule has 1 atom stereocenters. The highest BCUT2D eigenvalue weighted by atomic mass is 16.4. The molecule has 0 spiro atoms. The lowest BCUT2D eigenvalue weighted by atomic mass is 9.90. The van der Waals surface area contributed by atoms with Crippen LogP contribution in [0.4, 0.5) is 0 Å². The van der Waals surface area contributed by atoms with E-state index in [1.54, 1.807) is 6.08 Å². The van der Waals surface area contributed by atoms with Crippen LogP contribution in [0.2, 0.25) is 0 Å². The number of rotatable bonds is 4. The van der Waals surface area contributed by atoms with Gasteiger partial charge in [0.25, 0.3) is 0 Å². The van der Waals surface area contributed by atoms with Gasteiger partial charge in [0, 0.05) is 0 Å². The van der Waals surface area contributed by atoms with Crippen molar-refractivity contribution in [3.63, 3.8) is 0 Å². The van der Waals surface area contributed by atoms with E-state index in [9.17, 15) is 9.59 Å². The number of carboxylic acids is 2. The molecule has 1 rings (SSSR count). The van der Waals surface area contributed by atoms with Crippen LogP contribution in [0.25, 0.3) is 0 Å². The van der Waals surface area contributed by atoms with E-state index < -0.39 is 17.9 Å². The fourth-order valence-electron chi connectivity index (χ4n) is 1.48. The maximum atomic E-state index is 10.9. The lowest BCUT2D eigenvalue weighted by Gasteiger charge is -2.14. The van der Waals surface area contributed by atoms with E-state index in [0.717, 1.165) is 12.8 Å². The molecule has 4 heteroatoms. The van der Waals surface area contributed by atoms with Crippen LogP contribution in [-0.2, 0) is 9.59 Å². The molecular formula is C12H14O4. The summed E-state index contributed by atoms with van der Waals surface area (Å²) in [6, 6.07) is 0. The Kier molecular flexibility index (Phi) is 4.05. The Morgan fingerprint density at radius 1 is 1.44 bits per heavy atom. The average molecular weight is 222 g/mol. The summed E-state index contributed by atoms with van der Waals surface area (Å²) in [7, 11) is 0. The fourth-order valence-corrected chi connectivity index (χ4v) is 1.48. The van der Waals surface area contributed by atoms with Gasteiger partial charge in [0.05, 0.1) is 11.5 Å². The molecule has 0 fully saturated rings. The molecule has 0 amide bonds. The molecule has 86 valence electrons. The lowest BCUT2D eigenvalue weighted by Crippen LogP contribution is -2.17. The summed E-state index contributed by atoms with van der Waals surface area (Å²) in [5.41, 5.74) is 0.675. The van der Waals surface area contributed by atoms with Crippen LogP contribution >= 0.6 is 0 Å². The second-order valence-electron chi connectivity index (χ2n) is 3.57. The molecule has 2 N–H and O–H groups in total. The predicted octanol–water partition coefficient (Wildman–Crippen LogP) is 1.99. The molecule has 0 heterocycles. The highest BCUT2D eigenvalue weighted by Gasteiger charge is 2.22. The highest BCUT2D eigenvalue weighted by molar-refractivity contribution is 5.92. The van der Waals surface area contributed by atoms with E-state index >= 15 is 0 Å². The largest absolute Gasteiger partial charge is 0.481 e. The monoisotopic (exact) mass is 222 g/mol. The van der Waals surface area contributed by atoms with Gasteiger partial charge in [-0.1, -0.05) is 31.6 Å². The standard InChI is InChI=1S/C12H14O4/c1-2-3-4-8-7-9(11(13)14)5-6-10(8)12(15)16/h4-7,10H,2-3H2,1H3,(H,13,14)(H,15,16). The van der Waals surface area contributed by atoms with Crippen LogP contribution in [0.15, 0.2) is 35.5 Å². The first-order valence-corrected chi connectivity index (χ1v) is 5.12. The van der Waals surface area contributed by atoms with Crippen molar-refractivity contribution < 1.29 is 19.8 Å². The number of hydrogen-bond donors (Lipinski definition) is 2. The van der Waals surface area contributed by atoms with Gasteiger partial charge in [0.1, 0.15) is 0 Å². The average Bonchev–Trinajstić information content (AvgIpc) is 2.25. The topological polar surface area (TPSA) is 74.6 Å². The third-order valence-corrected chi connectivity index (χ3v) is 2.33. The Balaban J connectivity index is 3.00. The summed E-state index contributed by atoms with van der Waals surface area (Å²) >= 11 is 0. The Labute approximate surface area is 93.6 Å². The zero-order valence-corrected chi connectivity index (χ0v) is 9.01. The van der Waals surface area contributed by atoms with Crippen LogP contribution in [0.5, 0.6) is 0 Å². The minimum absolute atomic E-state index is 0.125. The molecule has 1 unspecified atom stereocenters. The van der Waals surface area contributed by atoms with Gasteiger partial charge in [-0.15, -0.1) is 0 Å². The number of aliphatic carboxylic acids is 2. The smallest absolute Gasteiger partial charge is 0.335 e. The molecule has 1 aliphatic carbocycles. The summed E-state index contributed by atoms with van der Waals surface area (Å²) in [4.78, 5) is 21.7. The van der Waals surface area contributed by atoms with E-state index in [4.69, 9.17) is 10.2 Å². The summed E-state index contributed by atoms with van der Waals surface area (Å²) in [6.07, 6.45) is 7.60. The van der Waals surface area contributed by atoms with E-state index in [1.807, 2.05) is 6.92 Å². The normalized spacial score (nSPS) is 21.9. The van der Waals surface area contributed by atoms with Gasteiger partial charge in [-0.3, -0.25) is 4.79 Å². The number of allylic oxidation sites excluding steroid dienone is 2. The third-order valence-electron chi connectivity index (χ3n) is 2.33. The molecule has 0 radical (unpaired) electrons. The number of hydrogen-bond acceptors (Lipinski definition) is 2. The molecule has 0 aromatic carbocycles. The molecule has 0 aliphatic heterocycles. The minimum Gasteiger partial charge on any atom is -0.481 e. The van der Waals surface area contributed by atoms with E-state index in [1.165, 1.54) is 18.2 Å². The summed E-state index contributed by atoms with van der Waals surface area (Å²) in [5, 5.41) is 17.8. The molecule has 0 aromatic rings.